The first-order chi connectivity index (χ1) is 14.2. The maximum absolute atomic E-state index is 4.35. The number of anilines is 1. The fourth-order valence-electron chi connectivity index (χ4n) is 3.14. The molecule has 6 nitrogen and oxygen atoms in total. The highest BCUT2D eigenvalue weighted by Crippen LogP contribution is 2.12. The summed E-state index contributed by atoms with van der Waals surface area (Å²) in [6.07, 6.45) is 4.74. The number of rotatable bonds is 8. The quantitative estimate of drug-likeness (QED) is 0.272. The molecule has 2 N–H and O–H groups in total. The average molecular weight is 518 g/mol. The molecule has 7 heteroatoms. The molecule has 0 radical (unpaired) electrons. The number of aliphatic imine (C=N–C) groups is 1. The first-order valence-electron chi connectivity index (χ1n) is 9.90. The number of guanidine groups is 1. The molecule has 3 aromatic rings. The van der Waals surface area contributed by atoms with Gasteiger partial charge in [0.05, 0.1) is 6.54 Å². The van der Waals surface area contributed by atoms with E-state index < -0.39 is 0 Å². The highest BCUT2D eigenvalue weighted by Gasteiger charge is 2.05. The molecule has 0 spiro atoms. The Labute approximate surface area is 196 Å². The van der Waals surface area contributed by atoms with E-state index >= 15 is 0 Å². The third kappa shape index (κ3) is 7.05. The van der Waals surface area contributed by atoms with Crippen LogP contribution in [0, 0.1) is 0 Å². The number of aromatic nitrogens is 2. The zero-order chi connectivity index (χ0) is 20.5. The first-order valence-corrected chi connectivity index (χ1v) is 9.90. The molecule has 2 aromatic carbocycles. The summed E-state index contributed by atoms with van der Waals surface area (Å²) in [7, 11) is 5.91. The number of halogens is 1. The summed E-state index contributed by atoms with van der Waals surface area (Å²) in [6, 6.07) is 19.0. The van der Waals surface area contributed by atoms with E-state index in [0.29, 0.717) is 6.54 Å². The van der Waals surface area contributed by atoms with Gasteiger partial charge in [0.25, 0.3) is 0 Å². The van der Waals surface area contributed by atoms with E-state index in [-0.39, 0.29) is 24.0 Å². The highest BCUT2D eigenvalue weighted by atomic mass is 127. The van der Waals surface area contributed by atoms with Crippen LogP contribution in [0.15, 0.2) is 72.0 Å². The van der Waals surface area contributed by atoms with E-state index in [9.17, 15) is 0 Å². The normalized spacial score (nSPS) is 11.0. The molecule has 0 bridgehead atoms. The van der Waals surface area contributed by atoms with Gasteiger partial charge in [-0.2, -0.15) is 5.10 Å². The van der Waals surface area contributed by atoms with Crippen LogP contribution in [0.4, 0.5) is 5.69 Å². The van der Waals surface area contributed by atoms with Gasteiger partial charge >= 0.3 is 0 Å². The van der Waals surface area contributed by atoms with Crippen molar-refractivity contribution in [3.8, 4) is 0 Å². The molecule has 160 valence electrons. The van der Waals surface area contributed by atoms with Crippen LogP contribution in [0.25, 0.3) is 0 Å². The van der Waals surface area contributed by atoms with Gasteiger partial charge in [-0.1, -0.05) is 36.4 Å². The maximum atomic E-state index is 4.35. The van der Waals surface area contributed by atoms with E-state index in [2.05, 4.69) is 88.3 Å². The van der Waals surface area contributed by atoms with Crippen molar-refractivity contribution in [2.45, 2.75) is 19.5 Å². The Hall–Kier alpha value is -2.55. The monoisotopic (exact) mass is 518 g/mol. The molecule has 0 aliphatic carbocycles. The SMILES string of the molecule is CN=C(NCCc1ccc(N(C)C)cc1)NCc1ccccc1Cn1cccn1.I. The summed E-state index contributed by atoms with van der Waals surface area (Å²) in [5.74, 6) is 0.809. The molecule has 30 heavy (non-hydrogen) atoms. The van der Waals surface area contributed by atoms with E-state index in [1.807, 2.05) is 16.9 Å². The molecule has 3 rings (SSSR count). The number of benzene rings is 2. The van der Waals surface area contributed by atoms with Crippen molar-refractivity contribution in [2.24, 2.45) is 4.99 Å². The second-order valence-corrected chi connectivity index (χ2v) is 7.14. The van der Waals surface area contributed by atoms with Crippen LogP contribution in [0.5, 0.6) is 0 Å². The fraction of sp³-hybridized carbons (Fsp3) is 0.304. The van der Waals surface area contributed by atoms with Gasteiger partial charge in [-0.3, -0.25) is 9.67 Å². The lowest BCUT2D eigenvalue weighted by molar-refractivity contribution is 0.677. The van der Waals surface area contributed by atoms with Crippen molar-refractivity contribution in [3.05, 3.63) is 83.7 Å². The molecular formula is C23H31IN6. The van der Waals surface area contributed by atoms with Gasteiger partial charge in [-0.05, 0) is 41.3 Å². The molecule has 0 fully saturated rings. The van der Waals surface area contributed by atoms with Crippen molar-refractivity contribution < 1.29 is 0 Å². The third-order valence-electron chi connectivity index (χ3n) is 4.84. The highest BCUT2D eigenvalue weighted by molar-refractivity contribution is 14.0. The van der Waals surface area contributed by atoms with Gasteiger partial charge in [0.2, 0.25) is 0 Å². The summed E-state index contributed by atoms with van der Waals surface area (Å²) < 4.78 is 1.94. The average Bonchev–Trinajstić information content (AvgIpc) is 3.25. The van der Waals surface area contributed by atoms with Crippen molar-refractivity contribution >= 4 is 35.6 Å². The van der Waals surface area contributed by atoms with Gasteiger partial charge in [0.1, 0.15) is 0 Å². The minimum Gasteiger partial charge on any atom is -0.378 e. The minimum atomic E-state index is 0. The van der Waals surface area contributed by atoms with E-state index in [4.69, 9.17) is 0 Å². The van der Waals surface area contributed by atoms with E-state index in [0.717, 1.165) is 25.5 Å². The Morgan fingerprint density at radius 1 is 1.00 bits per heavy atom. The van der Waals surface area contributed by atoms with Gasteiger partial charge in [0, 0.05) is 52.3 Å². The maximum Gasteiger partial charge on any atom is 0.191 e. The zero-order valence-corrected chi connectivity index (χ0v) is 20.2. The predicted octanol–water partition coefficient (Wildman–Crippen LogP) is 3.52. The Balaban J connectivity index is 0.00000320. The number of hydrogen-bond donors (Lipinski definition) is 2. The van der Waals surface area contributed by atoms with Crippen molar-refractivity contribution in [3.63, 3.8) is 0 Å². The van der Waals surface area contributed by atoms with Crippen molar-refractivity contribution in [1.82, 2.24) is 20.4 Å². The van der Waals surface area contributed by atoms with Crippen LogP contribution in [0.3, 0.4) is 0 Å². The second kappa shape index (κ2) is 12.2. The summed E-state index contributed by atoms with van der Waals surface area (Å²) >= 11 is 0. The molecular weight excluding hydrogens is 487 g/mol. The number of nitrogens with one attached hydrogen (secondary N) is 2. The zero-order valence-electron chi connectivity index (χ0n) is 17.9. The lowest BCUT2D eigenvalue weighted by atomic mass is 10.1. The van der Waals surface area contributed by atoms with Gasteiger partial charge in [0.15, 0.2) is 5.96 Å². The van der Waals surface area contributed by atoms with Crippen molar-refractivity contribution in [2.75, 3.05) is 32.6 Å². The molecule has 0 aliphatic heterocycles. The number of hydrogen-bond acceptors (Lipinski definition) is 3. The van der Waals surface area contributed by atoms with Crippen LogP contribution >= 0.6 is 24.0 Å². The predicted molar refractivity (Wildman–Crippen MR) is 136 cm³/mol. The van der Waals surface area contributed by atoms with Gasteiger partial charge in [-0.15, -0.1) is 24.0 Å². The molecule has 0 atom stereocenters. The summed E-state index contributed by atoms with van der Waals surface area (Å²) in [5.41, 5.74) is 5.02. The lowest BCUT2D eigenvalue weighted by Gasteiger charge is -2.15. The molecule has 0 aliphatic rings. The lowest BCUT2D eigenvalue weighted by Crippen LogP contribution is -2.38. The van der Waals surface area contributed by atoms with Crippen LogP contribution in [0.2, 0.25) is 0 Å². The standard InChI is InChI=1S/C23H30N6.HI/c1-24-23(25-15-13-19-9-11-22(12-10-19)28(2)3)26-17-20-7-4-5-8-21(20)18-29-16-6-14-27-29;/h4-12,14,16H,13,15,17-18H2,1-3H3,(H2,24,25,26);1H. The third-order valence-corrected chi connectivity index (χ3v) is 4.84. The smallest absolute Gasteiger partial charge is 0.191 e. The topological polar surface area (TPSA) is 57.5 Å². The largest absolute Gasteiger partial charge is 0.378 e. The molecule has 0 amide bonds. The Bertz CT molecular complexity index is 904. The molecule has 0 saturated heterocycles. The number of nitrogens with zero attached hydrogens (tertiary/aromatic N) is 4. The first kappa shape index (κ1) is 23.7. The van der Waals surface area contributed by atoms with E-state index in [1.54, 1.807) is 13.2 Å². The van der Waals surface area contributed by atoms with Crippen LogP contribution < -0.4 is 15.5 Å². The molecule has 0 saturated carbocycles. The second-order valence-electron chi connectivity index (χ2n) is 7.14. The van der Waals surface area contributed by atoms with Crippen LogP contribution in [-0.4, -0.2) is 43.4 Å². The molecule has 1 aromatic heterocycles. The van der Waals surface area contributed by atoms with Gasteiger partial charge < -0.3 is 15.5 Å². The Kier molecular flexibility index (Phi) is 9.66. The van der Waals surface area contributed by atoms with E-state index in [1.165, 1.54) is 22.4 Å². The fourth-order valence-corrected chi connectivity index (χ4v) is 3.14. The van der Waals surface area contributed by atoms with Crippen molar-refractivity contribution in [1.29, 1.82) is 0 Å². The minimum absolute atomic E-state index is 0. The van der Waals surface area contributed by atoms with Gasteiger partial charge in [-0.25, -0.2) is 0 Å². The van der Waals surface area contributed by atoms with Crippen LogP contribution in [0.1, 0.15) is 16.7 Å². The Morgan fingerprint density at radius 2 is 1.73 bits per heavy atom. The molecule has 1 heterocycles. The summed E-state index contributed by atoms with van der Waals surface area (Å²) in [6.45, 7) is 2.31. The Morgan fingerprint density at radius 3 is 2.37 bits per heavy atom. The van der Waals surface area contributed by atoms with Crippen LogP contribution in [-0.2, 0) is 19.5 Å². The summed E-state index contributed by atoms with van der Waals surface area (Å²) in [4.78, 5) is 6.46. The molecule has 0 unspecified atom stereocenters. The summed E-state index contributed by atoms with van der Waals surface area (Å²) in [5, 5.41) is 11.1.